The van der Waals surface area contributed by atoms with Crippen LogP contribution in [0.3, 0.4) is 0 Å². The molecule has 2 atom stereocenters. The quantitative estimate of drug-likeness (QED) is 0.490. The van der Waals surface area contributed by atoms with Gasteiger partial charge in [0.2, 0.25) is 0 Å². The fraction of sp³-hybridized carbons (Fsp3) is 0.538. The molecule has 34 heavy (non-hydrogen) atoms. The van der Waals surface area contributed by atoms with Gasteiger partial charge in [0, 0.05) is 0 Å². The molecule has 0 radical (unpaired) electrons. The summed E-state index contributed by atoms with van der Waals surface area (Å²) in [5, 5.41) is 0. The molecule has 2 aromatic carbocycles. The van der Waals surface area contributed by atoms with Gasteiger partial charge < -0.3 is 27.9 Å². The third kappa shape index (κ3) is 4.99. The lowest BCUT2D eigenvalue weighted by atomic mass is 9.90. The van der Waals surface area contributed by atoms with Gasteiger partial charge in [-0.25, -0.2) is 0 Å². The Morgan fingerprint density at radius 3 is 1.03 bits per heavy atom. The Morgan fingerprint density at radius 1 is 0.500 bits per heavy atom. The molecular formula is C26H36B2O6. The molecule has 0 aliphatic carbocycles. The summed E-state index contributed by atoms with van der Waals surface area (Å²) < 4.78 is 37.7. The van der Waals surface area contributed by atoms with Crippen LogP contribution in [0.4, 0.5) is 0 Å². The molecule has 0 unspecified atom stereocenters. The lowest BCUT2D eigenvalue weighted by Gasteiger charge is -2.31. The monoisotopic (exact) mass is 466 g/mol. The summed E-state index contributed by atoms with van der Waals surface area (Å²) in [6.07, 6.45) is -1.09. The minimum absolute atomic E-state index is 0.520. The molecule has 8 heteroatoms. The maximum atomic E-state index is 6.52. The molecule has 0 amide bonds. The van der Waals surface area contributed by atoms with Crippen LogP contribution in [0.1, 0.15) is 78.7 Å². The van der Waals surface area contributed by atoms with Crippen LogP contribution in [0.25, 0.3) is 0 Å². The molecule has 2 fully saturated rings. The Morgan fingerprint density at radius 2 is 0.765 bits per heavy atom. The van der Waals surface area contributed by atoms with Crippen LogP contribution >= 0.6 is 0 Å². The van der Waals surface area contributed by atoms with E-state index in [0.29, 0.717) is 0 Å². The highest BCUT2D eigenvalue weighted by atomic mass is 16.8. The van der Waals surface area contributed by atoms with Crippen molar-refractivity contribution in [2.75, 3.05) is 0 Å². The first-order valence-corrected chi connectivity index (χ1v) is 11.9. The normalized spacial score (nSPS) is 24.2. The average molecular weight is 466 g/mol. The number of hydrogen-bond acceptors (Lipinski definition) is 6. The Labute approximate surface area is 204 Å². The highest BCUT2D eigenvalue weighted by molar-refractivity contribution is 6.38. The molecule has 0 spiro atoms. The summed E-state index contributed by atoms with van der Waals surface area (Å²) >= 11 is 0. The number of hydrogen-bond donors (Lipinski definition) is 0. The lowest BCUT2D eigenvalue weighted by molar-refractivity contribution is -0.0155. The van der Waals surface area contributed by atoms with E-state index >= 15 is 0 Å². The summed E-state index contributed by atoms with van der Waals surface area (Å²) in [5.41, 5.74) is -0.215. The van der Waals surface area contributed by atoms with Gasteiger partial charge >= 0.3 is 14.6 Å². The SMILES string of the molecule is CC1(C)OB(O[C@H](c2ccccc2)[C@@H](OB2OC(C)(C)C(C)(C)O2)c2ccccc2)OC1(C)C. The van der Waals surface area contributed by atoms with Gasteiger partial charge in [-0.05, 0) is 66.5 Å². The molecule has 0 aromatic heterocycles. The van der Waals surface area contributed by atoms with Crippen LogP contribution in [0, 0.1) is 0 Å². The largest absolute Gasteiger partial charge is 0.640 e. The Bertz CT molecular complexity index is 852. The van der Waals surface area contributed by atoms with E-state index in [0.717, 1.165) is 11.1 Å². The van der Waals surface area contributed by atoms with E-state index in [1.54, 1.807) is 0 Å². The van der Waals surface area contributed by atoms with Crippen LogP contribution in [0.15, 0.2) is 60.7 Å². The van der Waals surface area contributed by atoms with Crippen molar-refractivity contribution in [3.8, 4) is 0 Å². The van der Waals surface area contributed by atoms with E-state index in [1.807, 2.05) is 116 Å². The van der Waals surface area contributed by atoms with Gasteiger partial charge in [-0.1, -0.05) is 60.7 Å². The molecule has 2 aliphatic heterocycles. The van der Waals surface area contributed by atoms with Crippen LogP contribution in [0.2, 0.25) is 0 Å². The molecule has 2 heterocycles. The second-order valence-corrected chi connectivity index (χ2v) is 11.0. The summed E-state index contributed by atoms with van der Waals surface area (Å²) in [4.78, 5) is 0. The van der Waals surface area contributed by atoms with Gasteiger partial charge in [0.15, 0.2) is 0 Å². The zero-order chi connectivity index (χ0) is 24.8. The third-order valence-corrected chi connectivity index (χ3v) is 7.51. The Hall–Kier alpha value is -1.67. The molecule has 2 aliphatic rings. The van der Waals surface area contributed by atoms with Crippen LogP contribution in [-0.2, 0) is 27.9 Å². The van der Waals surface area contributed by atoms with Crippen molar-refractivity contribution in [2.24, 2.45) is 0 Å². The molecule has 0 N–H and O–H groups in total. The average Bonchev–Trinajstić information content (AvgIpc) is 3.10. The van der Waals surface area contributed by atoms with Crippen LogP contribution in [0.5, 0.6) is 0 Å². The molecule has 0 bridgehead atoms. The van der Waals surface area contributed by atoms with Gasteiger partial charge in [0.25, 0.3) is 0 Å². The van der Waals surface area contributed by atoms with Crippen molar-refractivity contribution in [2.45, 2.75) is 90.0 Å². The highest BCUT2D eigenvalue weighted by Gasteiger charge is 2.56. The summed E-state index contributed by atoms with van der Waals surface area (Å²) in [5.74, 6) is 0. The maximum absolute atomic E-state index is 6.52. The Balaban J connectivity index is 1.68. The van der Waals surface area contributed by atoms with E-state index in [4.69, 9.17) is 27.9 Å². The number of benzene rings is 2. The second-order valence-electron chi connectivity index (χ2n) is 11.0. The predicted octanol–water partition coefficient (Wildman–Crippen LogP) is 5.68. The fourth-order valence-electron chi connectivity index (χ4n) is 3.86. The van der Waals surface area contributed by atoms with Gasteiger partial charge in [0.1, 0.15) is 0 Å². The summed E-state index contributed by atoms with van der Waals surface area (Å²) in [6, 6.07) is 19.9. The van der Waals surface area contributed by atoms with Gasteiger partial charge in [-0.15, -0.1) is 0 Å². The van der Waals surface area contributed by atoms with Crippen molar-refractivity contribution < 1.29 is 27.9 Å². The molecule has 6 nitrogen and oxygen atoms in total. The second kappa shape index (κ2) is 9.08. The minimum Gasteiger partial charge on any atom is -0.378 e. The first-order valence-electron chi connectivity index (χ1n) is 11.9. The van der Waals surface area contributed by atoms with Gasteiger partial charge in [-0.2, -0.15) is 0 Å². The molecule has 0 saturated carbocycles. The minimum atomic E-state index is -0.858. The first kappa shape index (κ1) is 25.4. The molecule has 2 aromatic rings. The lowest BCUT2D eigenvalue weighted by Crippen LogP contribution is -2.41. The zero-order valence-corrected chi connectivity index (χ0v) is 21.5. The summed E-state index contributed by atoms with van der Waals surface area (Å²) in [7, 11) is -1.72. The molecule has 182 valence electrons. The fourth-order valence-corrected chi connectivity index (χ4v) is 3.86. The molecule has 4 rings (SSSR count). The third-order valence-electron chi connectivity index (χ3n) is 7.51. The van der Waals surface area contributed by atoms with E-state index in [2.05, 4.69) is 0 Å². The van der Waals surface area contributed by atoms with Crippen molar-refractivity contribution in [1.82, 2.24) is 0 Å². The van der Waals surface area contributed by atoms with Gasteiger partial charge in [0.05, 0.1) is 34.6 Å². The Kier molecular flexibility index (Phi) is 6.79. The van der Waals surface area contributed by atoms with Crippen molar-refractivity contribution in [1.29, 1.82) is 0 Å². The first-order chi connectivity index (χ1) is 15.8. The van der Waals surface area contributed by atoms with Crippen molar-refractivity contribution >= 4 is 14.6 Å². The standard InChI is InChI=1S/C26H36B2O6/c1-23(2)24(3,4)32-27(31-23)29-21(19-15-11-9-12-16-19)22(20-17-13-10-14-18-20)30-28-33-25(5,6)26(7,8)34-28/h9-18,21-22H,1-8H3/t21-,22+. The molecule has 2 saturated heterocycles. The van der Waals surface area contributed by atoms with E-state index < -0.39 is 49.3 Å². The van der Waals surface area contributed by atoms with E-state index in [1.165, 1.54) is 0 Å². The zero-order valence-electron chi connectivity index (χ0n) is 21.5. The van der Waals surface area contributed by atoms with Gasteiger partial charge in [-0.3, -0.25) is 0 Å². The van der Waals surface area contributed by atoms with Crippen LogP contribution < -0.4 is 0 Å². The number of rotatable bonds is 7. The smallest absolute Gasteiger partial charge is 0.378 e. The molecular weight excluding hydrogens is 430 g/mol. The predicted molar refractivity (Wildman–Crippen MR) is 133 cm³/mol. The maximum Gasteiger partial charge on any atom is 0.640 e. The van der Waals surface area contributed by atoms with Crippen molar-refractivity contribution in [3.05, 3.63) is 71.8 Å². The highest BCUT2D eigenvalue weighted by Crippen LogP contribution is 2.44. The van der Waals surface area contributed by atoms with E-state index in [9.17, 15) is 0 Å². The van der Waals surface area contributed by atoms with Crippen molar-refractivity contribution in [3.63, 3.8) is 0 Å². The van der Waals surface area contributed by atoms with Crippen LogP contribution in [-0.4, -0.2) is 37.0 Å². The summed E-state index contributed by atoms with van der Waals surface area (Å²) in [6.45, 7) is 16.0. The topological polar surface area (TPSA) is 55.4 Å². The van der Waals surface area contributed by atoms with E-state index in [-0.39, 0.29) is 0 Å².